The van der Waals surface area contributed by atoms with Gasteiger partial charge in [-0.2, -0.15) is 0 Å². The molecule has 0 aliphatic rings. The van der Waals surface area contributed by atoms with Crippen molar-refractivity contribution in [3.63, 3.8) is 0 Å². The van der Waals surface area contributed by atoms with Crippen molar-refractivity contribution in [1.82, 2.24) is 0 Å². The molecule has 0 N–H and O–H groups in total. The average Bonchev–Trinajstić information content (AvgIpc) is 2.54. The summed E-state index contributed by atoms with van der Waals surface area (Å²) in [4.78, 5) is 0. The van der Waals surface area contributed by atoms with Gasteiger partial charge in [-0.05, 0) is 32.4 Å². The Labute approximate surface area is 170 Å². The van der Waals surface area contributed by atoms with Gasteiger partial charge in [0.05, 0.1) is 0 Å². The number of rotatable bonds is 12. The van der Waals surface area contributed by atoms with Crippen molar-refractivity contribution in [2.24, 2.45) is 5.41 Å². The SMILES string of the molecule is CCCCCC(C)(C)C(COCC)(OCC)Oc1ccccc1.[NaH]. The Morgan fingerprint density at radius 2 is 1.58 bits per heavy atom. The van der Waals surface area contributed by atoms with E-state index in [9.17, 15) is 0 Å². The molecule has 1 aromatic rings. The predicted octanol–water partition coefficient (Wildman–Crippen LogP) is 4.79. The van der Waals surface area contributed by atoms with E-state index in [4.69, 9.17) is 14.2 Å². The van der Waals surface area contributed by atoms with Crippen molar-refractivity contribution in [2.45, 2.75) is 66.1 Å². The second-order valence-corrected chi connectivity index (χ2v) is 6.58. The van der Waals surface area contributed by atoms with E-state index in [1.165, 1.54) is 19.3 Å². The molecule has 3 nitrogen and oxygen atoms in total. The molecular formula is C20H35NaO3. The van der Waals surface area contributed by atoms with Gasteiger partial charge >= 0.3 is 29.6 Å². The Hall–Kier alpha value is -0.0600. The van der Waals surface area contributed by atoms with Crippen molar-refractivity contribution < 1.29 is 14.2 Å². The standard InChI is InChI=1S/C20H34O3.Na.H/c1-6-9-13-16-19(4,5)20(22-8-3,17-21-7-2)23-18-14-11-10-12-15-18;;/h10-12,14-15H,6-9,13,16-17H2,1-5H3;;. The van der Waals surface area contributed by atoms with Gasteiger partial charge in [0.1, 0.15) is 12.4 Å². The minimum atomic E-state index is -0.771. The van der Waals surface area contributed by atoms with Gasteiger partial charge in [-0.1, -0.05) is 58.2 Å². The molecule has 0 saturated heterocycles. The van der Waals surface area contributed by atoms with E-state index >= 15 is 0 Å². The van der Waals surface area contributed by atoms with Crippen molar-refractivity contribution >= 4 is 29.6 Å². The topological polar surface area (TPSA) is 27.7 Å². The summed E-state index contributed by atoms with van der Waals surface area (Å²) in [5, 5.41) is 0. The maximum atomic E-state index is 6.39. The van der Waals surface area contributed by atoms with Gasteiger partial charge < -0.3 is 14.2 Å². The Morgan fingerprint density at radius 3 is 2.12 bits per heavy atom. The van der Waals surface area contributed by atoms with Crippen LogP contribution in [0, 0.1) is 5.41 Å². The number of unbranched alkanes of at least 4 members (excludes halogenated alkanes) is 2. The summed E-state index contributed by atoms with van der Waals surface area (Å²) in [6.45, 7) is 12.4. The van der Waals surface area contributed by atoms with Crippen LogP contribution in [0.3, 0.4) is 0 Å². The summed E-state index contributed by atoms with van der Waals surface area (Å²) in [5.41, 5.74) is -0.150. The number of hydrogen-bond donors (Lipinski definition) is 0. The molecule has 0 fully saturated rings. The predicted molar refractivity (Wildman–Crippen MR) is 103 cm³/mol. The number of benzene rings is 1. The van der Waals surface area contributed by atoms with E-state index in [0.717, 1.165) is 12.2 Å². The Morgan fingerprint density at radius 1 is 0.917 bits per heavy atom. The third kappa shape index (κ3) is 7.05. The monoisotopic (exact) mass is 346 g/mol. The van der Waals surface area contributed by atoms with E-state index in [-0.39, 0.29) is 35.0 Å². The molecular weight excluding hydrogens is 311 g/mol. The summed E-state index contributed by atoms with van der Waals surface area (Å²) in [6.07, 6.45) is 4.65. The summed E-state index contributed by atoms with van der Waals surface area (Å²) in [5.74, 6) is 0.0524. The van der Waals surface area contributed by atoms with Crippen LogP contribution in [0.25, 0.3) is 0 Å². The van der Waals surface area contributed by atoms with Gasteiger partial charge in [0.15, 0.2) is 0 Å². The van der Waals surface area contributed by atoms with E-state index in [0.29, 0.717) is 19.8 Å². The molecule has 0 spiro atoms. The van der Waals surface area contributed by atoms with E-state index in [2.05, 4.69) is 20.8 Å². The first-order valence-electron chi connectivity index (χ1n) is 8.97. The van der Waals surface area contributed by atoms with Gasteiger partial charge in [-0.15, -0.1) is 0 Å². The van der Waals surface area contributed by atoms with Crippen LogP contribution in [-0.4, -0.2) is 55.2 Å². The van der Waals surface area contributed by atoms with Gasteiger partial charge in [0.2, 0.25) is 5.79 Å². The molecule has 4 heteroatoms. The van der Waals surface area contributed by atoms with Crippen LogP contribution in [0.15, 0.2) is 30.3 Å². The van der Waals surface area contributed by atoms with Crippen LogP contribution >= 0.6 is 0 Å². The van der Waals surface area contributed by atoms with Crippen LogP contribution in [0.1, 0.15) is 60.3 Å². The summed E-state index contributed by atoms with van der Waals surface area (Å²) < 4.78 is 18.3. The van der Waals surface area contributed by atoms with Crippen LogP contribution in [0.4, 0.5) is 0 Å². The molecule has 0 aliphatic carbocycles. The fourth-order valence-corrected chi connectivity index (χ4v) is 2.79. The van der Waals surface area contributed by atoms with Crippen LogP contribution in [0.5, 0.6) is 5.75 Å². The summed E-state index contributed by atoms with van der Waals surface area (Å²) in [6, 6.07) is 9.90. The molecule has 0 radical (unpaired) electrons. The van der Waals surface area contributed by atoms with Gasteiger partial charge in [-0.25, -0.2) is 0 Å². The molecule has 1 rings (SSSR count). The molecule has 24 heavy (non-hydrogen) atoms. The Bertz CT molecular complexity index is 422. The molecule has 1 unspecified atom stereocenters. The third-order valence-corrected chi connectivity index (χ3v) is 4.34. The van der Waals surface area contributed by atoms with Crippen molar-refractivity contribution in [3.8, 4) is 5.75 Å². The van der Waals surface area contributed by atoms with Crippen LogP contribution in [0.2, 0.25) is 0 Å². The second kappa shape index (κ2) is 12.3. The number of ether oxygens (including phenoxy) is 3. The molecule has 0 saturated carbocycles. The molecule has 134 valence electrons. The average molecular weight is 346 g/mol. The number of hydrogen-bond acceptors (Lipinski definition) is 3. The van der Waals surface area contributed by atoms with E-state index in [1.807, 2.05) is 44.2 Å². The first-order chi connectivity index (χ1) is 11.0. The summed E-state index contributed by atoms with van der Waals surface area (Å²) in [7, 11) is 0. The molecule has 1 aromatic carbocycles. The van der Waals surface area contributed by atoms with E-state index in [1.54, 1.807) is 0 Å². The zero-order valence-electron chi connectivity index (χ0n) is 15.6. The molecule has 0 aliphatic heterocycles. The molecule has 0 aromatic heterocycles. The molecule has 0 amide bonds. The maximum absolute atomic E-state index is 6.39. The van der Waals surface area contributed by atoms with Crippen LogP contribution in [-0.2, 0) is 9.47 Å². The van der Waals surface area contributed by atoms with Crippen LogP contribution < -0.4 is 4.74 Å². The van der Waals surface area contributed by atoms with Crippen molar-refractivity contribution in [3.05, 3.63) is 30.3 Å². The normalized spacial score (nSPS) is 13.9. The zero-order valence-corrected chi connectivity index (χ0v) is 15.6. The molecule has 1 atom stereocenters. The van der Waals surface area contributed by atoms with Gasteiger partial charge in [0, 0.05) is 18.6 Å². The quantitative estimate of drug-likeness (QED) is 0.309. The Balaban J connectivity index is 0.00000529. The van der Waals surface area contributed by atoms with Crippen molar-refractivity contribution in [1.29, 1.82) is 0 Å². The Kier molecular flexibility index (Phi) is 12.3. The fraction of sp³-hybridized carbons (Fsp3) is 0.700. The van der Waals surface area contributed by atoms with Gasteiger partial charge in [0.25, 0.3) is 0 Å². The first-order valence-corrected chi connectivity index (χ1v) is 8.97. The number of para-hydroxylation sites is 1. The van der Waals surface area contributed by atoms with E-state index < -0.39 is 5.79 Å². The third-order valence-electron chi connectivity index (χ3n) is 4.34. The molecule has 0 heterocycles. The minimum absolute atomic E-state index is 0. The fourth-order valence-electron chi connectivity index (χ4n) is 2.79. The molecule has 0 bridgehead atoms. The second-order valence-electron chi connectivity index (χ2n) is 6.58. The van der Waals surface area contributed by atoms with Gasteiger partial charge in [-0.3, -0.25) is 0 Å². The summed E-state index contributed by atoms with van der Waals surface area (Å²) >= 11 is 0. The first kappa shape index (κ1) is 23.9. The van der Waals surface area contributed by atoms with Crippen molar-refractivity contribution in [2.75, 3.05) is 19.8 Å². The zero-order chi connectivity index (χ0) is 17.2.